The Balaban J connectivity index is 2.20. The monoisotopic (exact) mass is 355 g/mol. The van der Waals surface area contributed by atoms with Gasteiger partial charge in [-0.05, 0) is 54.6 Å². The van der Waals surface area contributed by atoms with E-state index in [1.807, 2.05) is 24.3 Å². The maximum atomic E-state index is 5.91. The average molecular weight is 357 g/mol. The molecule has 0 bridgehead atoms. The predicted octanol–water partition coefficient (Wildman–Crippen LogP) is 5.36. The molecule has 0 aliphatic heterocycles. The van der Waals surface area contributed by atoms with Crippen molar-refractivity contribution in [3.63, 3.8) is 0 Å². The van der Waals surface area contributed by atoms with E-state index in [4.69, 9.17) is 11.6 Å². The highest BCUT2D eigenvalue weighted by atomic mass is 79.9. The van der Waals surface area contributed by atoms with Crippen LogP contribution >= 0.6 is 39.3 Å². The van der Waals surface area contributed by atoms with E-state index in [1.165, 1.54) is 15.4 Å². The van der Waals surface area contributed by atoms with Crippen molar-refractivity contribution < 1.29 is 0 Å². The predicted molar refractivity (Wildman–Crippen MR) is 87.1 cm³/mol. The Labute approximate surface area is 131 Å². The van der Waals surface area contributed by atoms with E-state index in [1.54, 1.807) is 11.8 Å². The topological polar surface area (TPSA) is 12.0 Å². The number of benzene rings is 2. The van der Waals surface area contributed by atoms with E-state index >= 15 is 0 Å². The van der Waals surface area contributed by atoms with Gasteiger partial charge in [0.1, 0.15) is 0 Å². The summed E-state index contributed by atoms with van der Waals surface area (Å²) in [5, 5.41) is 4.14. The summed E-state index contributed by atoms with van der Waals surface area (Å²) in [6.45, 7) is 3.97. The van der Waals surface area contributed by atoms with Gasteiger partial charge in [0, 0.05) is 25.8 Å². The van der Waals surface area contributed by atoms with Crippen molar-refractivity contribution in [2.45, 2.75) is 23.3 Å². The van der Waals surface area contributed by atoms with Gasteiger partial charge in [-0.25, -0.2) is 0 Å². The molecule has 0 amide bonds. The molecule has 100 valence electrons. The molecular weight excluding hydrogens is 342 g/mol. The van der Waals surface area contributed by atoms with Gasteiger partial charge in [-0.2, -0.15) is 0 Å². The van der Waals surface area contributed by atoms with Crippen LogP contribution in [0.5, 0.6) is 0 Å². The number of hydrogen-bond acceptors (Lipinski definition) is 2. The van der Waals surface area contributed by atoms with Crippen molar-refractivity contribution >= 4 is 39.3 Å². The molecule has 19 heavy (non-hydrogen) atoms. The highest BCUT2D eigenvalue weighted by Crippen LogP contribution is 2.32. The first kappa shape index (κ1) is 14.9. The lowest BCUT2D eigenvalue weighted by atomic mass is 10.2. The van der Waals surface area contributed by atoms with Crippen molar-refractivity contribution in [2.24, 2.45) is 0 Å². The molecule has 0 fully saturated rings. The van der Waals surface area contributed by atoms with E-state index in [-0.39, 0.29) is 0 Å². The Hall–Kier alpha value is -0.480. The Bertz CT molecular complexity index is 542. The largest absolute Gasteiger partial charge is 0.313 e. The lowest BCUT2D eigenvalue weighted by molar-refractivity contribution is 0.717. The van der Waals surface area contributed by atoms with Crippen LogP contribution in [-0.4, -0.2) is 6.54 Å². The third-order valence-electron chi connectivity index (χ3n) is 2.63. The maximum absolute atomic E-state index is 5.91. The number of rotatable bonds is 5. The Morgan fingerprint density at radius 3 is 2.58 bits per heavy atom. The number of nitrogens with one attached hydrogen (secondary N) is 1. The Kier molecular flexibility index (Phi) is 5.76. The second kappa shape index (κ2) is 7.34. The van der Waals surface area contributed by atoms with Crippen LogP contribution in [0.4, 0.5) is 0 Å². The van der Waals surface area contributed by atoms with Crippen LogP contribution in [0.15, 0.2) is 56.7 Å². The first-order chi connectivity index (χ1) is 9.19. The molecule has 2 aromatic carbocycles. The van der Waals surface area contributed by atoms with Crippen molar-refractivity contribution in [3.05, 3.63) is 57.5 Å². The molecule has 0 spiro atoms. The van der Waals surface area contributed by atoms with Gasteiger partial charge in [0.15, 0.2) is 0 Å². The van der Waals surface area contributed by atoms with Crippen LogP contribution in [-0.2, 0) is 6.54 Å². The molecule has 4 heteroatoms. The van der Waals surface area contributed by atoms with Crippen molar-refractivity contribution in [1.82, 2.24) is 5.32 Å². The first-order valence-corrected chi connectivity index (χ1v) is 8.10. The molecule has 1 N–H and O–H groups in total. The molecule has 0 saturated carbocycles. The summed E-state index contributed by atoms with van der Waals surface area (Å²) < 4.78 is 1.11. The van der Waals surface area contributed by atoms with Gasteiger partial charge in [0.25, 0.3) is 0 Å². The smallest absolute Gasteiger partial charge is 0.0406 e. The summed E-state index contributed by atoms with van der Waals surface area (Å²) in [5.41, 5.74) is 1.30. The molecule has 2 aromatic rings. The molecule has 0 aliphatic carbocycles. The zero-order valence-corrected chi connectivity index (χ0v) is 13.8. The quantitative estimate of drug-likeness (QED) is 0.773. The fraction of sp³-hybridized carbons (Fsp3) is 0.200. The summed E-state index contributed by atoms with van der Waals surface area (Å²) in [4.78, 5) is 2.47. The van der Waals surface area contributed by atoms with E-state index in [2.05, 4.69) is 46.4 Å². The fourth-order valence-corrected chi connectivity index (χ4v) is 3.13. The highest BCUT2D eigenvalue weighted by molar-refractivity contribution is 9.10. The van der Waals surface area contributed by atoms with Gasteiger partial charge in [-0.15, -0.1) is 0 Å². The van der Waals surface area contributed by atoms with E-state index in [0.29, 0.717) is 0 Å². The minimum atomic E-state index is 0.771. The average Bonchev–Trinajstić information content (AvgIpc) is 2.41. The van der Waals surface area contributed by atoms with Gasteiger partial charge in [0.2, 0.25) is 0 Å². The molecular formula is C15H15BrClNS. The summed E-state index contributed by atoms with van der Waals surface area (Å²) in [6, 6.07) is 14.3. The molecule has 0 saturated heterocycles. The zero-order chi connectivity index (χ0) is 13.7. The fourth-order valence-electron chi connectivity index (χ4n) is 1.68. The number of hydrogen-bond donors (Lipinski definition) is 1. The highest BCUT2D eigenvalue weighted by Gasteiger charge is 2.05. The number of halogens is 2. The molecule has 0 aliphatic rings. The van der Waals surface area contributed by atoms with Crippen LogP contribution in [0, 0.1) is 0 Å². The SMILES string of the molecule is CCNCc1cc(Br)ccc1Sc1ccc(Cl)cc1. The molecule has 2 rings (SSSR count). The summed E-state index contributed by atoms with van der Waals surface area (Å²) >= 11 is 11.2. The van der Waals surface area contributed by atoms with Crippen molar-refractivity contribution in [1.29, 1.82) is 0 Å². The second-order valence-electron chi connectivity index (χ2n) is 4.09. The zero-order valence-electron chi connectivity index (χ0n) is 10.6. The summed E-state index contributed by atoms with van der Waals surface area (Å²) in [7, 11) is 0. The molecule has 0 aromatic heterocycles. The molecule has 1 nitrogen and oxygen atoms in total. The molecule has 0 atom stereocenters. The second-order valence-corrected chi connectivity index (χ2v) is 6.56. The lowest BCUT2D eigenvalue weighted by Gasteiger charge is -2.10. The third kappa shape index (κ3) is 4.53. The van der Waals surface area contributed by atoms with Crippen molar-refractivity contribution in [2.75, 3.05) is 6.54 Å². The van der Waals surface area contributed by atoms with Gasteiger partial charge in [-0.1, -0.05) is 46.2 Å². The van der Waals surface area contributed by atoms with Gasteiger partial charge < -0.3 is 5.32 Å². The normalized spacial score (nSPS) is 10.7. The standard InChI is InChI=1S/C15H15BrClNS/c1-2-18-10-11-9-12(16)3-8-15(11)19-14-6-4-13(17)5-7-14/h3-9,18H,2,10H2,1H3. The molecule has 0 radical (unpaired) electrons. The summed E-state index contributed by atoms with van der Waals surface area (Å²) in [6.07, 6.45) is 0. The van der Waals surface area contributed by atoms with E-state index < -0.39 is 0 Å². The Morgan fingerprint density at radius 1 is 1.16 bits per heavy atom. The van der Waals surface area contributed by atoms with E-state index in [0.717, 1.165) is 22.6 Å². The van der Waals surface area contributed by atoms with Crippen LogP contribution in [0.3, 0.4) is 0 Å². The van der Waals surface area contributed by atoms with Gasteiger partial charge in [-0.3, -0.25) is 0 Å². The minimum Gasteiger partial charge on any atom is -0.313 e. The molecule has 0 unspecified atom stereocenters. The van der Waals surface area contributed by atoms with Gasteiger partial charge >= 0.3 is 0 Å². The third-order valence-corrected chi connectivity index (χ3v) is 4.50. The van der Waals surface area contributed by atoms with Crippen LogP contribution in [0.25, 0.3) is 0 Å². The van der Waals surface area contributed by atoms with E-state index in [9.17, 15) is 0 Å². The maximum Gasteiger partial charge on any atom is 0.0406 e. The minimum absolute atomic E-state index is 0.771. The van der Waals surface area contributed by atoms with Crippen LogP contribution in [0.1, 0.15) is 12.5 Å². The summed E-state index contributed by atoms with van der Waals surface area (Å²) in [5.74, 6) is 0. The Morgan fingerprint density at radius 2 is 1.89 bits per heavy atom. The van der Waals surface area contributed by atoms with Gasteiger partial charge in [0.05, 0.1) is 0 Å². The van der Waals surface area contributed by atoms with Crippen LogP contribution in [0.2, 0.25) is 5.02 Å². The van der Waals surface area contributed by atoms with Crippen LogP contribution < -0.4 is 5.32 Å². The first-order valence-electron chi connectivity index (χ1n) is 6.11. The lowest BCUT2D eigenvalue weighted by Crippen LogP contribution is -2.12. The molecule has 0 heterocycles. The van der Waals surface area contributed by atoms with Crippen molar-refractivity contribution in [3.8, 4) is 0 Å².